The fourth-order valence-electron chi connectivity index (χ4n) is 2.47. The van der Waals surface area contributed by atoms with Crippen molar-refractivity contribution >= 4 is 17.2 Å². The molecule has 0 radical (unpaired) electrons. The van der Waals surface area contributed by atoms with Crippen molar-refractivity contribution in [1.82, 2.24) is 15.2 Å². The molecule has 0 atom stereocenters. The van der Waals surface area contributed by atoms with Crippen molar-refractivity contribution in [2.24, 2.45) is 0 Å². The Morgan fingerprint density at radius 3 is 2.73 bits per heavy atom. The number of aromatic nitrogens is 1. The van der Waals surface area contributed by atoms with Crippen LogP contribution in [0.2, 0.25) is 0 Å². The third-order valence-corrected chi connectivity index (χ3v) is 4.57. The summed E-state index contributed by atoms with van der Waals surface area (Å²) >= 11 is 1.55. The van der Waals surface area contributed by atoms with Gasteiger partial charge in [-0.25, -0.2) is 9.37 Å². The van der Waals surface area contributed by atoms with Gasteiger partial charge in [0.25, 0.3) is 0 Å². The molecule has 1 fully saturated rings. The van der Waals surface area contributed by atoms with E-state index in [0.29, 0.717) is 12.8 Å². The van der Waals surface area contributed by atoms with E-state index in [2.05, 4.69) is 10.3 Å². The summed E-state index contributed by atoms with van der Waals surface area (Å²) in [6, 6.07) is 6.44. The summed E-state index contributed by atoms with van der Waals surface area (Å²) < 4.78 is 12.9. The normalized spacial score (nSPS) is 15.0. The number of thiazole rings is 1. The zero-order chi connectivity index (χ0) is 15.4. The van der Waals surface area contributed by atoms with E-state index in [-0.39, 0.29) is 11.7 Å². The molecule has 4 nitrogen and oxygen atoms in total. The van der Waals surface area contributed by atoms with E-state index < -0.39 is 0 Å². The van der Waals surface area contributed by atoms with Gasteiger partial charge in [-0.15, -0.1) is 11.3 Å². The molecule has 0 saturated carbocycles. The van der Waals surface area contributed by atoms with Crippen LogP contribution in [0.5, 0.6) is 0 Å². The molecule has 0 unspecified atom stereocenters. The molecule has 1 saturated heterocycles. The van der Waals surface area contributed by atoms with Crippen molar-refractivity contribution in [3.63, 3.8) is 0 Å². The summed E-state index contributed by atoms with van der Waals surface area (Å²) in [5, 5.41) is 6.13. The minimum Gasteiger partial charge on any atom is -0.340 e. The number of amides is 1. The summed E-state index contributed by atoms with van der Waals surface area (Å²) in [4.78, 5) is 18.6. The Morgan fingerprint density at radius 1 is 1.27 bits per heavy atom. The van der Waals surface area contributed by atoms with Crippen molar-refractivity contribution in [1.29, 1.82) is 0 Å². The summed E-state index contributed by atoms with van der Waals surface area (Å²) in [5.74, 6) is -0.0923. The molecule has 1 aliphatic heterocycles. The first-order chi connectivity index (χ1) is 10.7. The standard InChI is InChI=1S/C16H18FN3OS/c17-13-3-1-12(2-4-13)9-15-19-14(11-22-15)10-16(21)20-7-5-18-6-8-20/h1-4,11,18H,5-10H2. The maximum atomic E-state index is 12.9. The second-order valence-corrected chi connectivity index (χ2v) is 6.29. The number of nitrogens with one attached hydrogen (secondary N) is 1. The Kier molecular flexibility index (Phi) is 4.80. The van der Waals surface area contributed by atoms with Gasteiger partial charge in [0.05, 0.1) is 17.1 Å². The Hall–Kier alpha value is -1.79. The minimum atomic E-state index is -0.231. The Labute approximate surface area is 133 Å². The Balaban J connectivity index is 1.58. The molecule has 3 rings (SSSR count). The number of carbonyl (C=O) groups excluding carboxylic acids is 1. The van der Waals surface area contributed by atoms with Crippen LogP contribution in [0.4, 0.5) is 4.39 Å². The first kappa shape index (κ1) is 15.1. The van der Waals surface area contributed by atoms with Gasteiger partial charge in [-0.1, -0.05) is 12.1 Å². The van der Waals surface area contributed by atoms with Crippen LogP contribution in [0, 0.1) is 5.82 Å². The summed E-state index contributed by atoms with van der Waals surface area (Å²) in [5.41, 5.74) is 1.85. The fourth-order valence-corrected chi connectivity index (χ4v) is 3.30. The van der Waals surface area contributed by atoms with E-state index in [9.17, 15) is 9.18 Å². The molecule has 22 heavy (non-hydrogen) atoms. The highest BCUT2D eigenvalue weighted by atomic mass is 32.1. The molecular formula is C16H18FN3OS. The molecule has 6 heteroatoms. The van der Waals surface area contributed by atoms with Crippen molar-refractivity contribution in [3.05, 3.63) is 51.7 Å². The highest BCUT2D eigenvalue weighted by Crippen LogP contribution is 2.16. The zero-order valence-corrected chi connectivity index (χ0v) is 13.0. The average molecular weight is 319 g/mol. The molecular weight excluding hydrogens is 301 g/mol. The van der Waals surface area contributed by atoms with Crippen LogP contribution in [0.15, 0.2) is 29.6 Å². The Morgan fingerprint density at radius 2 is 2.00 bits per heavy atom. The van der Waals surface area contributed by atoms with Gasteiger partial charge in [-0.2, -0.15) is 0 Å². The molecule has 1 aromatic heterocycles. The lowest BCUT2D eigenvalue weighted by Crippen LogP contribution is -2.46. The van der Waals surface area contributed by atoms with Gasteiger partial charge in [0.1, 0.15) is 5.82 Å². The number of hydrogen-bond acceptors (Lipinski definition) is 4. The van der Waals surface area contributed by atoms with Crippen LogP contribution >= 0.6 is 11.3 Å². The number of halogens is 1. The van der Waals surface area contributed by atoms with Crippen molar-refractivity contribution < 1.29 is 9.18 Å². The molecule has 1 amide bonds. The quantitative estimate of drug-likeness (QED) is 0.935. The summed E-state index contributed by atoms with van der Waals surface area (Å²) in [7, 11) is 0. The molecule has 1 aromatic carbocycles. The number of benzene rings is 1. The highest BCUT2D eigenvalue weighted by molar-refractivity contribution is 7.09. The van der Waals surface area contributed by atoms with Crippen molar-refractivity contribution in [2.75, 3.05) is 26.2 Å². The number of piperazine rings is 1. The van der Waals surface area contributed by atoms with Crippen molar-refractivity contribution in [2.45, 2.75) is 12.8 Å². The lowest BCUT2D eigenvalue weighted by Gasteiger charge is -2.27. The molecule has 1 N–H and O–H groups in total. The summed E-state index contributed by atoms with van der Waals surface area (Å²) in [6.45, 7) is 3.26. The largest absolute Gasteiger partial charge is 0.340 e. The molecule has 1 aliphatic rings. The molecule has 0 bridgehead atoms. The van der Waals surface area contributed by atoms with Crippen LogP contribution < -0.4 is 5.32 Å². The number of nitrogens with zero attached hydrogens (tertiary/aromatic N) is 2. The lowest BCUT2D eigenvalue weighted by atomic mass is 10.1. The Bertz CT molecular complexity index is 635. The van der Waals surface area contributed by atoms with Gasteiger partial charge in [0.15, 0.2) is 0 Å². The second kappa shape index (κ2) is 6.98. The zero-order valence-electron chi connectivity index (χ0n) is 12.2. The SMILES string of the molecule is O=C(Cc1csc(Cc2ccc(F)cc2)n1)N1CCNCC1. The fraction of sp³-hybridized carbons (Fsp3) is 0.375. The number of rotatable bonds is 4. The lowest BCUT2D eigenvalue weighted by molar-refractivity contribution is -0.131. The third-order valence-electron chi connectivity index (χ3n) is 3.67. The number of carbonyl (C=O) groups is 1. The predicted molar refractivity (Wildman–Crippen MR) is 84.5 cm³/mol. The number of hydrogen-bond donors (Lipinski definition) is 1. The molecule has 0 spiro atoms. The van der Waals surface area contributed by atoms with Crippen molar-refractivity contribution in [3.8, 4) is 0 Å². The summed E-state index contributed by atoms with van der Waals surface area (Å²) in [6.07, 6.45) is 1.03. The van der Waals surface area contributed by atoms with Gasteiger partial charge in [-0.3, -0.25) is 4.79 Å². The van der Waals surface area contributed by atoms with E-state index in [0.717, 1.165) is 42.4 Å². The van der Waals surface area contributed by atoms with Crippen LogP contribution in [-0.4, -0.2) is 42.0 Å². The highest BCUT2D eigenvalue weighted by Gasteiger charge is 2.17. The average Bonchev–Trinajstić information content (AvgIpc) is 2.97. The molecule has 116 valence electrons. The van der Waals surface area contributed by atoms with E-state index in [1.54, 1.807) is 23.5 Å². The predicted octanol–water partition coefficient (Wildman–Crippen LogP) is 1.85. The van der Waals surface area contributed by atoms with E-state index >= 15 is 0 Å². The molecule has 2 heterocycles. The topological polar surface area (TPSA) is 45.2 Å². The van der Waals surface area contributed by atoms with Gasteiger partial charge in [0, 0.05) is 38.0 Å². The van der Waals surface area contributed by atoms with Gasteiger partial charge in [-0.05, 0) is 17.7 Å². The first-order valence-electron chi connectivity index (χ1n) is 7.37. The van der Waals surface area contributed by atoms with E-state index in [1.807, 2.05) is 10.3 Å². The first-order valence-corrected chi connectivity index (χ1v) is 8.25. The van der Waals surface area contributed by atoms with E-state index in [1.165, 1.54) is 12.1 Å². The second-order valence-electron chi connectivity index (χ2n) is 5.34. The van der Waals surface area contributed by atoms with Crippen LogP contribution in [0.1, 0.15) is 16.3 Å². The smallest absolute Gasteiger partial charge is 0.228 e. The third kappa shape index (κ3) is 3.90. The maximum absolute atomic E-state index is 12.9. The maximum Gasteiger partial charge on any atom is 0.228 e. The molecule has 2 aromatic rings. The van der Waals surface area contributed by atoms with Crippen LogP contribution in [-0.2, 0) is 17.6 Å². The monoisotopic (exact) mass is 319 g/mol. The molecule has 0 aliphatic carbocycles. The van der Waals surface area contributed by atoms with Gasteiger partial charge in [0.2, 0.25) is 5.91 Å². The van der Waals surface area contributed by atoms with E-state index in [4.69, 9.17) is 0 Å². The van der Waals surface area contributed by atoms with Crippen LogP contribution in [0.25, 0.3) is 0 Å². The van der Waals surface area contributed by atoms with Gasteiger partial charge < -0.3 is 10.2 Å². The van der Waals surface area contributed by atoms with Crippen LogP contribution in [0.3, 0.4) is 0 Å². The minimum absolute atomic E-state index is 0.139. The van der Waals surface area contributed by atoms with Gasteiger partial charge >= 0.3 is 0 Å².